The number of halogens is 2. The zero-order valence-corrected chi connectivity index (χ0v) is 62.7. The molecule has 3 aromatic heterocycles. The number of hydrogen-bond acceptors (Lipinski definition) is 6. The van der Waals surface area contributed by atoms with E-state index in [9.17, 15) is 10.2 Å². The van der Waals surface area contributed by atoms with Crippen LogP contribution in [0, 0.1) is 0 Å². The van der Waals surface area contributed by atoms with Crippen LogP contribution in [0.5, 0.6) is 11.5 Å². The quantitative estimate of drug-likeness (QED) is 0.157. The maximum atomic E-state index is 12.7. The van der Waals surface area contributed by atoms with Gasteiger partial charge in [0.15, 0.2) is 0 Å². The Morgan fingerprint density at radius 3 is 0.917 bits per heavy atom. The predicted molar refractivity (Wildman–Crippen MR) is 407 cm³/mol. The number of phenolic OH excluding ortho intramolecular Hbond substituents is 2. The van der Waals surface area contributed by atoms with Crippen LogP contribution in [-0.4, -0.2) is 39.3 Å². The molecule has 0 aliphatic rings. The number of benzene rings is 8. The van der Waals surface area contributed by atoms with Crippen LogP contribution in [0.2, 0.25) is 10.0 Å². The fourth-order valence-corrected chi connectivity index (χ4v) is 13.3. The van der Waals surface area contributed by atoms with E-state index in [1.165, 1.54) is 22.3 Å². The van der Waals surface area contributed by atoms with E-state index in [1.807, 2.05) is 30.3 Å². The summed E-state index contributed by atoms with van der Waals surface area (Å²) in [6.07, 6.45) is 1.60. The minimum Gasteiger partial charge on any atom is -0.507 e. The molecule has 0 saturated carbocycles. The Hall–Kier alpha value is -8.04. The second-order valence-corrected chi connectivity index (χ2v) is 35.9. The van der Waals surface area contributed by atoms with Gasteiger partial charge in [-0.3, -0.25) is 9.13 Å². The summed E-state index contributed by atoms with van der Waals surface area (Å²) in [6.45, 7) is 53.3. The van der Waals surface area contributed by atoms with Crippen molar-refractivity contribution in [3.63, 3.8) is 0 Å². The van der Waals surface area contributed by atoms with Crippen molar-refractivity contribution in [1.29, 1.82) is 0 Å². The van der Waals surface area contributed by atoms with Crippen LogP contribution in [0.3, 0.4) is 0 Å². The first-order chi connectivity index (χ1) is 44.2. The van der Waals surface area contributed by atoms with Gasteiger partial charge in [0.2, 0.25) is 0 Å². The average molecular weight is 1320 g/mol. The topological polar surface area (TPSA) is 102 Å². The standard InChI is InChI=1S/C86H98Cl2N6O2/c1-79(2,3)53-37-54(80(4,5)6)40-61(39-53)93-71-29-25-27-63(73(71)91-77(93)65-43-57(83(13,14)15)45-67(75(65)95)85(19,20)21)49-31-51(35-59(87)33-49)69-47-70(90-48-89-69)52-32-50(34-60(88)36-52)64-28-26-30-72-74(64)92-78(66-44-58(84(16,17)18)46-68(76(66)96)86(22,23)24)94(72)62-41-55(81(7,8)9)38-56(42-62)82(10,11)12/h25-48,95-96H,1-24H3. The van der Waals surface area contributed by atoms with E-state index in [1.54, 1.807) is 6.33 Å². The third-order valence-electron chi connectivity index (χ3n) is 18.9. The van der Waals surface area contributed by atoms with Gasteiger partial charge in [-0.1, -0.05) is 238 Å². The molecular formula is C86H98Cl2N6O2. The first-order valence-electron chi connectivity index (χ1n) is 33.8. The number of hydrogen-bond donors (Lipinski definition) is 2. The molecule has 0 fully saturated rings. The SMILES string of the molecule is CC(C)(C)c1cc(-n2c(-c3cc(C(C)(C)C)cc(C(C)(C)C)c3O)nc3c(-c4cc(Cl)cc(-c5cc(-c6cc(Cl)cc(-c7cccc8c7nc(-c7cc(C(C)(C)C)cc(C(C)(C)C)c7O)n8-c7cc(C(C)(C)C)cc(C(C)(C)C)c7)c6)ncn5)c4)cccc32)cc(C(C)(C)C)c1. The lowest BCUT2D eigenvalue weighted by molar-refractivity contribution is 0.445. The Morgan fingerprint density at radius 1 is 0.312 bits per heavy atom. The highest BCUT2D eigenvalue weighted by Crippen LogP contribution is 2.49. The number of phenols is 2. The molecule has 10 heteroatoms. The molecule has 8 aromatic carbocycles. The van der Waals surface area contributed by atoms with Gasteiger partial charge in [0, 0.05) is 54.8 Å². The molecule has 11 rings (SSSR count). The highest BCUT2D eigenvalue weighted by Gasteiger charge is 2.33. The van der Waals surface area contributed by atoms with Crippen LogP contribution in [0.15, 0.2) is 146 Å². The lowest BCUT2D eigenvalue weighted by atomic mass is 9.78. The van der Waals surface area contributed by atoms with Crippen LogP contribution < -0.4 is 0 Å². The minimum absolute atomic E-state index is 0.163. The second-order valence-electron chi connectivity index (χ2n) is 35.0. The first-order valence-corrected chi connectivity index (χ1v) is 34.6. The minimum atomic E-state index is -0.370. The highest BCUT2D eigenvalue weighted by molar-refractivity contribution is 6.31. The third kappa shape index (κ3) is 13.6. The second kappa shape index (κ2) is 23.9. The lowest BCUT2D eigenvalue weighted by Crippen LogP contribution is -2.18. The molecule has 0 saturated heterocycles. The van der Waals surface area contributed by atoms with Gasteiger partial charge >= 0.3 is 0 Å². The Kier molecular flexibility index (Phi) is 17.3. The Balaban J connectivity index is 1.08. The molecular weight excluding hydrogens is 1220 g/mol. The number of aromatic nitrogens is 6. The van der Waals surface area contributed by atoms with Crippen LogP contribution in [-0.2, 0) is 43.3 Å². The summed E-state index contributed by atoms with van der Waals surface area (Å²) in [5.74, 6) is 1.73. The fraction of sp³-hybridized carbons (Fsp3) is 0.372. The molecule has 2 N–H and O–H groups in total. The molecule has 0 bridgehead atoms. The van der Waals surface area contributed by atoms with E-state index >= 15 is 0 Å². The molecule has 0 aliphatic carbocycles. The van der Waals surface area contributed by atoms with E-state index in [-0.39, 0.29) is 54.8 Å². The van der Waals surface area contributed by atoms with Crippen molar-refractivity contribution in [2.75, 3.05) is 0 Å². The highest BCUT2D eigenvalue weighted by atomic mass is 35.5. The van der Waals surface area contributed by atoms with E-state index in [0.717, 1.165) is 89.1 Å². The lowest BCUT2D eigenvalue weighted by Gasteiger charge is -2.28. The van der Waals surface area contributed by atoms with E-state index in [2.05, 4.69) is 284 Å². The van der Waals surface area contributed by atoms with Crippen molar-refractivity contribution in [1.82, 2.24) is 29.1 Å². The Labute approximate surface area is 581 Å². The van der Waals surface area contributed by atoms with Gasteiger partial charge in [0.05, 0.1) is 44.6 Å². The number of rotatable bonds is 8. The molecule has 0 amide bonds. The molecule has 11 aromatic rings. The van der Waals surface area contributed by atoms with Crippen LogP contribution in [0.4, 0.5) is 0 Å². The van der Waals surface area contributed by atoms with E-state index in [0.29, 0.717) is 44.2 Å². The normalized spacial score (nSPS) is 13.2. The van der Waals surface area contributed by atoms with E-state index < -0.39 is 0 Å². The van der Waals surface area contributed by atoms with Gasteiger partial charge in [-0.2, -0.15) is 0 Å². The molecule has 0 unspecified atom stereocenters. The average Bonchev–Trinajstić information content (AvgIpc) is 1.55. The summed E-state index contributed by atoms with van der Waals surface area (Å²) in [4.78, 5) is 21.2. The zero-order chi connectivity index (χ0) is 70.3. The number of nitrogens with zero attached hydrogens (tertiary/aromatic N) is 6. The number of para-hydroxylation sites is 2. The van der Waals surface area contributed by atoms with Crippen molar-refractivity contribution < 1.29 is 10.2 Å². The molecule has 96 heavy (non-hydrogen) atoms. The van der Waals surface area contributed by atoms with Gasteiger partial charge in [-0.15, -0.1) is 0 Å². The van der Waals surface area contributed by atoms with Crippen molar-refractivity contribution >= 4 is 45.3 Å². The van der Waals surface area contributed by atoms with Crippen LogP contribution in [0.25, 0.3) is 101 Å². The largest absolute Gasteiger partial charge is 0.507 e. The monoisotopic (exact) mass is 1320 g/mol. The van der Waals surface area contributed by atoms with Crippen LogP contribution in [0.1, 0.15) is 211 Å². The predicted octanol–water partition coefficient (Wildman–Crippen LogP) is 24.3. The van der Waals surface area contributed by atoms with Crippen molar-refractivity contribution in [3.8, 4) is 90.4 Å². The third-order valence-corrected chi connectivity index (χ3v) is 19.3. The molecule has 0 radical (unpaired) electrons. The number of aromatic hydroxyl groups is 2. The maximum Gasteiger partial charge on any atom is 0.149 e. The van der Waals surface area contributed by atoms with Crippen molar-refractivity contribution in [2.45, 2.75) is 209 Å². The van der Waals surface area contributed by atoms with Crippen LogP contribution >= 0.6 is 23.2 Å². The Bertz CT molecular complexity index is 4520. The molecule has 0 atom stereocenters. The van der Waals surface area contributed by atoms with Gasteiger partial charge in [-0.25, -0.2) is 19.9 Å². The van der Waals surface area contributed by atoms with Gasteiger partial charge in [0.25, 0.3) is 0 Å². The maximum absolute atomic E-state index is 12.7. The summed E-state index contributed by atoms with van der Waals surface area (Å²) in [5, 5.41) is 26.4. The summed E-state index contributed by atoms with van der Waals surface area (Å²) in [6, 6.07) is 49.2. The fourth-order valence-electron chi connectivity index (χ4n) is 12.8. The molecule has 3 heterocycles. The zero-order valence-electron chi connectivity index (χ0n) is 61.2. The summed E-state index contributed by atoms with van der Waals surface area (Å²) in [5.41, 5.74) is 19.8. The van der Waals surface area contributed by atoms with Gasteiger partial charge in [-0.05, 0) is 179 Å². The molecule has 498 valence electrons. The smallest absolute Gasteiger partial charge is 0.149 e. The first kappa shape index (κ1) is 69.3. The van der Waals surface area contributed by atoms with E-state index in [4.69, 9.17) is 43.1 Å². The summed E-state index contributed by atoms with van der Waals surface area (Å²) in [7, 11) is 0. The molecule has 0 aliphatic heterocycles. The molecule has 8 nitrogen and oxygen atoms in total. The van der Waals surface area contributed by atoms with Gasteiger partial charge < -0.3 is 10.2 Å². The number of fused-ring (bicyclic) bond motifs is 2. The summed E-state index contributed by atoms with van der Waals surface area (Å²) < 4.78 is 4.49. The van der Waals surface area contributed by atoms with Gasteiger partial charge in [0.1, 0.15) is 29.5 Å². The number of imidazole rings is 2. The van der Waals surface area contributed by atoms with Crippen molar-refractivity contribution in [2.24, 2.45) is 0 Å². The Morgan fingerprint density at radius 2 is 0.615 bits per heavy atom. The van der Waals surface area contributed by atoms with Crippen molar-refractivity contribution in [3.05, 3.63) is 200 Å². The summed E-state index contributed by atoms with van der Waals surface area (Å²) >= 11 is 14.5. The molecule has 0 spiro atoms.